The highest BCUT2D eigenvalue weighted by atomic mass is 19.1. The maximum absolute atomic E-state index is 15.4. The third kappa shape index (κ3) is 12.7. The summed E-state index contributed by atoms with van der Waals surface area (Å²) in [6, 6.07) is 10.2. The van der Waals surface area contributed by atoms with Crippen molar-refractivity contribution in [1.82, 2.24) is 51.3 Å². The van der Waals surface area contributed by atoms with Crippen LogP contribution in [-0.2, 0) is 84.2 Å². The molecule has 7 N–H and O–H groups in total. The number of ether oxygens (including phenoxy) is 2. The Morgan fingerprint density at radius 1 is 0.886 bits per heavy atom. The Bertz CT molecular complexity index is 3180. The number of cyclic esters (lactones) is 1. The normalized spacial score (nSPS) is 17.1. The molecule has 1 aliphatic carbocycles. The standard InChI is InChI=1S/C55H63FN10O13/c1-4-55(77)36-22-41-51-34(28-66(41)53(75)35(36)29-79-54(55)76)50-40(15-14-33-31(2)37(56)23-38(63-51)49(33)50)64(3)48(73)27-57-18-20-78-30-61-44(69)25-60-52(74)39(21-32-11-7-5-8-12-32)62-45(70)26-59-43(68)24-58-42(67)13-9-6-10-19-65-46(71)16-17-47(65)72/h5,7-8,11-12,16-17,22-23,39-40,57,77H,4,6,9-10,13-15,18-21,24-30H2,1-3H3,(H,58,67)(H,59,68)(H,60,74)(H,61,69)(H,62,70)/t39-,40-,55-/m0/s1. The van der Waals surface area contributed by atoms with E-state index >= 15 is 4.39 Å². The van der Waals surface area contributed by atoms with E-state index in [1.165, 1.54) is 22.8 Å². The predicted molar refractivity (Wildman–Crippen MR) is 280 cm³/mol. The van der Waals surface area contributed by atoms with Crippen molar-refractivity contribution < 1.29 is 62.1 Å². The second kappa shape index (κ2) is 25.1. The van der Waals surface area contributed by atoms with Crippen LogP contribution in [0.25, 0.3) is 22.3 Å². The number of esters is 1. The van der Waals surface area contributed by atoms with Crippen molar-refractivity contribution >= 4 is 64.1 Å². The fraction of sp³-hybridized carbons (Fsp3) is 0.436. The zero-order valence-electron chi connectivity index (χ0n) is 44.1. The average molecular weight is 1090 g/mol. The van der Waals surface area contributed by atoms with Gasteiger partial charge in [-0.1, -0.05) is 43.7 Å². The SMILES string of the molecule is CC[C@@]1(O)C(=O)OCc2c1cc1n(c2=O)Cc2c-1nc1cc(F)c(C)c3c1c2[C@@H](N(C)C(=O)CNCCOCNC(=O)CNC(=O)[C@H](Cc1ccccc1)NC(=O)CNC(=O)CNC(=O)CCCCCN1C(=O)C=CC1=O)CC3. The molecule has 3 aliphatic heterocycles. The van der Waals surface area contributed by atoms with Crippen LogP contribution in [0, 0.1) is 12.7 Å². The number of nitrogens with one attached hydrogen (secondary N) is 6. The van der Waals surface area contributed by atoms with Crippen molar-refractivity contribution in [3.05, 3.63) is 110 Å². The Balaban J connectivity index is 0.766. The number of rotatable bonds is 25. The molecular weight excluding hydrogens is 1030 g/mol. The first-order chi connectivity index (χ1) is 37.9. The van der Waals surface area contributed by atoms with Gasteiger partial charge in [0.15, 0.2) is 5.60 Å². The average Bonchev–Trinajstić information content (AvgIpc) is 4.12. The summed E-state index contributed by atoms with van der Waals surface area (Å²) in [5.41, 5.74) is 2.38. The molecule has 418 valence electrons. The zero-order chi connectivity index (χ0) is 56.5. The Morgan fingerprint density at radius 3 is 2.34 bits per heavy atom. The van der Waals surface area contributed by atoms with Crippen LogP contribution in [0.1, 0.15) is 90.4 Å². The van der Waals surface area contributed by atoms with E-state index < -0.39 is 84.2 Å². The van der Waals surface area contributed by atoms with Crippen LogP contribution in [0.2, 0.25) is 0 Å². The molecule has 0 saturated heterocycles. The number of amides is 8. The van der Waals surface area contributed by atoms with Crippen LogP contribution in [0.3, 0.4) is 0 Å². The molecule has 0 bridgehead atoms. The first kappa shape index (κ1) is 57.0. The number of aromatic nitrogens is 2. The summed E-state index contributed by atoms with van der Waals surface area (Å²) in [5.74, 6) is -5.27. The van der Waals surface area contributed by atoms with Crippen molar-refractivity contribution in [3.8, 4) is 11.4 Å². The van der Waals surface area contributed by atoms with Gasteiger partial charge in [-0.05, 0) is 67.3 Å². The number of pyridine rings is 2. The minimum absolute atomic E-state index is 0.0315. The largest absolute Gasteiger partial charge is 0.458 e. The number of aryl methyl sites for hydroxylation is 1. The number of nitrogens with zero attached hydrogens (tertiary/aromatic N) is 4. The highest BCUT2D eigenvalue weighted by Crippen LogP contribution is 2.47. The zero-order valence-corrected chi connectivity index (χ0v) is 44.1. The minimum Gasteiger partial charge on any atom is -0.458 e. The lowest BCUT2D eigenvalue weighted by atomic mass is 9.81. The smallest absolute Gasteiger partial charge is 0.343 e. The topological polar surface area (TPSA) is 306 Å². The second-order valence-electron chi connectivity index (χ2n) is 19.8. The van der Waals surface area contributed by atoms with Gasteiger partial charge in [0.1, 0.15) is 25.2 Å². The molecule has 0 unspecified atom stereocenters. The molecule has 0 saturated carbocycles. The van der Waals surface area contributed by atoms with E-state index in [0.29, 0.717) is 65.7 Å². The van der Waals surface area contributed by atoms with Crippen LogP contribution >= 0.6 is 0 Å². The third-order valence-corrected chi connectivity index (χ3v) is 14.7. The van der Waals surface area contributed by atoms with Gasteiger partial charge in [-0.3, -0.25) is 48.1 Å². The summed E-state index contributed by atoms with van der Waals surface area (Å²) in [5, 5.41) is 27.7. The number of fused-ring (bicyclic) bond motifs is 5. The lowest BCUT2D eigenvalue weighted by Crippen LogP contribution is -2.52. The molecule has 2 aromatic heterocycles. The van der Waals surface area contributed by atoms with Crippen LogP contribution in [-0.4, -0.2) is 143 Å². The molecule has 8 rings (SSSR count). The monoisotopic (exact) mass is 1090 g/mol. The number of carbonyl (C=O) groups is 9. The fourth-order valence-corrected chi connectivity index (χ4v) is 10.3. The van der Waals surface area contributed by atoms with Crippen LogP contribution in [0.5, 0.6) is 0 Å². The second-order valence-corrected chi connectivity index (χ2v) is 19.8. The molecule has 4 aromatic rings. The van der Waals surface area contributed by atoms with E-state index in [2.05, 4.69) is 31.9 Å². The lowest BCUT2D eigenvalue weighted by molar-refractivity contribution is -0.172. The van der Waals surface area contributed by atoms with Gasteiger partial charge in [-0.15, -0.1) is 0 Å². The summed E-state index contributed by atoms with van der Waals surface area (Å²) < 4.78 is 27.7. The molecule has 3 atom stereocenters. The van der Waals surface area contributed by atoms with Crippen molar-refractivity contribution in [1.29, 1.82) is 0 Å². The number of likely N-dealkylation sites (N-methyl/N-ethyl adjacent to an activating group) is 1. The van der Waals surface area contributed by atoms with E-state index in [-0.39, 0.29) is 94.2 Å². The van der Waals surface area contributed by atoms with Gasteiger partial charge < -0.3 is 55.9 Å². The van der Waals surface area contributed by atoms with Gasteiger partial charge in [0.25, 0.3) is 17.4 Å². The molecule has 5 heterocycles. The summed E-state index contributed by atoms with van der Waals surface area (Å²) in [7, 11) is 1.68. The number of unbranched alkanes of at least 4 members (excludes halogenated alkanes) is 2. The Labute approximate surface area is 453 Å². The minimum atomic E-state index is -2.03. The summed E-state index contributed by atoms with van der Waals surface area (Å²) in [6.45, 7) is 2.03. The first-order valence-electron chi connectivity index (χ1n) is 26.2. The quantitative estimate of drug-likeness (QED) is 0.0178. The number of imide groups is 1. The molecular formula is C55H63FN10O13. The number of hydrogen-bond acceptors (Lipinski definition) is 15. The molecule has 0 radical (unpaired) electrons. The Morgan fingerprint density at radius 2 is 1.59 bits per heavy atom. The van der Waals surface area contributed by atoms with Gasteiger partial charge in [0.05, 0.1) is 67.8 Å². The van der Waals surface area contributed by atoms with Crippen LogP contribution in [0.4, 0.5) is 4.39 Å². The maximum Gasteiger partial charge on any atom is 0.343 e. The molecule has 4 aliphatic rings. The van der Waals surface area contributed by atoms with E-state index in [0.717, 1.165) is 21.4 Å². The van der Waals surface area contributed by atoms with Gasteiger partial charge in [0.2, 0.25) is 35.4 Å². The lowest BCUT2D eigenvalue weighted by Gasteiger charge is -2.35. The molecule has 24 heteroatoms. The van der Waals surface area contributed by atoms with Crippen molar-refractivity contribution in [2.45, 2.75) is 96.1 Å². The summed E-state index contributed by atoms with van der Waals surface area (Å²) >= 11 is 0. The van der Waals surface area contributed by atoms with Gasteiger partial charge in [-0.25, -0.2) is 14.2 Å². The van der Waals surface area contributed by atoms with Crippen molar-refractivity contribution in [2.24, 2.45) is 0 Å². The molecule has 23 nitrogen and oxygen atoms in total. The van der Waals surface area contributed by atoms with E-state index in [1.807, 2.05) is 0 Å². The van der Waals surface area contributed by atoms with Gasteiger partial charge >= 0.3 is 5.97 Å². The van der Waals surface area contributed by atoms with Gasteiger partial charge in [-0.2, -0.15) is 0 Å². The predicted octanol–water partition coefficient (Wildman–Crippen LogP) is 0.214. The van der Waals surface area contributed by atoms with Crippen LogP contribution < -0.4 is 37.5 Å². The Kier molecular flexibility index (Phi) is 18.1. The van der Waals surface area contributed by atoms with Crippen molar-refractivity contribution in [2.75, 3.05) is 59.7 Å². The maximum atomic E-state index is 15.4. The fourth-order valence-electron chi connectivity index (χ4n) is 10.3. The van der Waals surface area contributed by atoms with E-state index in [4.69, 9.17) is 14.5 Å². The number of carbonyl (C=O) groups excluding carboxylic acids is 9. The summed E-state index contributed by atoms with van der Waals surface area (Å²) in [6.07, 6.45) is 5.06. The number of aliphatic hydroxyl groups is 1. The number of benzene rings is 2. The van der Waals surface area contributed by atoms with E-state index in [9.17, 15) is 53.1 Å². The van der Waals surface area contributed by atoms with Crippen molar-refractivity contribution in [3.63, 3.8) is 0 Å². The van der Waals surface area contributed by atoms with Gasteiger partial charge in [0, 0.05) is 67.7 Å². The molecule has 8 amide bonds. The highest BCUT2D eigenvalue weighted by molar-refractivity contribution is 6.12. The van der Waals surface area contributed by atoms with Crippen LogP contribution in [0.15, 0.2) is 59.4 Å². The summed E-state index contributed by atoms with van der Waals surface area (Å²) in [4.78, 5) is 135. The number of hydrogen-bond donors (Lipinski definition) is 7. The molecule has 2 aromatic carbocycles. The molecule has 0 spiro atoms. The molecule has 79 heavy (non-hydrogen) atoms. The van der Waals surface area contributed by atoms with E-state index in [1.54, 1.807) is 62.2 Å². The Hall–Kier alpha value is -8.22. The highest BCUT2D eigenvalue weighted by Gasteiger charge is 2.46. The first-order valence-corrected chi connectivity index (χ1v) is 26.2. The third-order valence-electron chi connectivity index (χ3n) is 14.7. The molecule has 0 fully saturated rings. The number of halogens is 1.